The maximum absolute atomic E-state index is 5.34. The number of halogens is 1. The maximum Gasteiger partial charge on any atom is 0.193 e. The van der Waals surface area contributed by atoms with E-state index in [4.69, 9.17) is 4.74 Å². The molecule has 0 radical (unpaired) electrons. The fourth-order valence-electron chi connectivity index (χ4n) is 4.83. The van der Waals surface area contributed by atoms with Crippen LogP contribution in [0.3, 0.4) is 0 Å². The van der Waals surface area contributed by atoms with Gasteiger partial charge in [0.25, 0.3) is 0 Å². The molecule has 2 fully saturated rings. The lowest BCUT2D eigenvalue weighted by molar-refractivity contribution is 0.157. The van der Waals surface area contributed by atoms with Gasteiger partial charge in [-0.15, -0.1) is 24.0 Å². The molecule has 0 saturated carbocycles. The first-order valence-corrected chi connectivity index (χ1v) is 11.8. The van der Waals surface area contributed by atoms with Gasteiger partial charge in [0, 0.05) is 78.1 Å². The van der Waals surface area contributed by atoms with Crippen molar-refractivity contribution in [3.8, 4) is 0 Å². The zero-order valence-corrected chi connectivity index (χ0v) is 22.3. The normalized spacial score (nSPS) is 19.5. The number of anilines is 1. The summed E-state index contributed by atoms with van der Waals surface area (Å²) in [6, 6.07) is 19.6. The van der Waals surface area contributed by atoms with Crippen molar-refractivity contribution < 1.29 is 4.74 Å². The number of piperazine rings is 1. The van der Waals surface area contributed by atoms with Gasteiger partial charge in [-0.05, 0) is 29.7 Å². The summed E-state index contributed by atoms with van der Waals surface area (Å²) in [6.45, 7) is 9.02. The van der Waals surface area contributed by atoms with Crippen LogP contribution in [-0.2, 0) is 17.8 Å². The van der Waals surface area contributed by atoms with E-state index in [1.165, 1.54) is 23.2 Å². The molecule has 2 aliphatic rings. The van der Waals surface area contributed by atoms with E-state index < -0.39 is 0 Å². The third-order valence-electron chi connectivity index (χ3n) is 6.64. The second-order valence-electron chi connectivity index (χ2n) is 8.82. The van der Waals surface area contributed by atoms with Gasteiger partial charge in [0.1, 0.15) is 0 Å². The first kappa shape index (κ1) is 25.8. The Morgan fingerprint density at radius 3 is 2.36 bits per heavy atom. The SMILES string of the molecule is CN=C(NCc1ccccc1CN1CCN(c2ccccc2)CC1)N1CCC(COC)C1.I. The summed E-state index contributed by atoms with van der Waals surface area (Å²) in [5, 5.41) is 3.60. The van der Waals surface area contributed by atoms with Gasteiger partial charge in [-0.25, -0.2) is 0 Å². The van der Waals surface area contributed by atoms with Gasteiger partial charge in [-0.1, -0.05) is 42.5 Å². The van der Waals surface area contributed by atoms with Crippen LogP contribution in [0.4, 0.5) is 5.69 Å². The van der Waals surface area contributed by atoms with Gasteiger partial charge >= 0.3 is 0 Å². The zero-order chi connectivity index (χ0) is 22.2. The van der Waals surface area contributed by atoms with Crippen molar-refractivity contribution in [2.75, 3.05) is 64.9 Å². The van der Waals surface area contributed by atoms with Crippen molar-refractivity contribution >= 4 is 35.6 Å². The summed E-state index contributed by atoms with van der Waals surface area (Å²) < 4.78 is 5.34. The summed E-state index contributed by atoms with van der Waals surface area (Å²) in [4.78, 5) is 12.0. The zero-order valence-electron chi connectivity index (χ0n) is 19.9. The van der Waals surface area contributed by atoms with Crippen LogP contribution in [-0.4, -0.2) is 75.8 Å². The molecule has 0 aromatic heterocycles. The van der Waals surface area contributed by atoms with Gasteiger partial charge < -0.3 is 19.9 Å². The number of nitrogens with one attached hydrogen (secondary N) is 1. The number of likely N-dealkylation sites (tertiary alicyclic amines) is 1. The highest BCUT2D eigenvalue weighted by molar-refractivity contribution is 14.0. The molecule has 180 valence electrons. The summed E-state index contributed by atoms with van der Waals surface area (Å²) in [6.07, 6.45) is 1.17. The van der Waals surface area contributed by atoms with Crippen molar-refractivity contribution in [3.63, 3.8) is 0 Å². The molecule has 2 saturated heterocycles. The molecule has 0 spiro atoms. The van der Waals surface area contributed by atoms with Crippen LogP contribution in [0.1, 0.15) is 17.5 Å². The number of aliphatic imine (C=N–C) groups is 1. The number of methoxy groups -OCH3 is 1. The lowest BCUT2D eigenvalue weighted by Gasteiger charge is -2.36. The predicted octanol–water partition coefficient (Wildman–Crippen LogP) is 3.67. The Bertz CT molecular complexity index is 870. The van der Waals surface area contributed by atoms with E-state index >= 15 is 0 Å². The molecule has 33 heavy (non-hydrogen) atoms. The number of para-hydroxylation sites is 1. The summed E-state index contributed by atoms with van der Waals surface area (Å²) in [5.74, 6) is 1.59. The Balaban J connectivity index is 0.00000306. The third-order valence-corrected chi connectivity index (χ3v) is 6.64. The van der Waals surface area contributed by atoms with Crippen LogP contribution in [0.2, 0.25) is 0 Å². The molecular formula is C26H38IN5O. The quantitative estimate of drug-likeness (QED) is 0.317. The van der Waals surface area contributed by atoms with Crippen molar-refractivity contribution in [3.05, 3.63) is 65.7 Å². The second kappa shape index (κ2) is 13.2. The van der Waals surface area contributed by atoms with Crippen LogP contribution in [0.15, 0.2) is 59.6 Å². The fourth-order valence-corrected chi connectivity index (χ4v) is 4.83. The highest BCUT2D eigenvalue weighted by Crippen LogP contribution is 2.19. The van der Waals surface area contributed by atoms with Crippen molar-refractivity contribution in [1.82, 2.24) is 15.1 Å². The molecule has 1 unspecified atom stereocenters. The van der Waals surface area contributed by atoms with Crippen molar-refractivity contribution in [2.45, 2.75) is 19.5 Å². The van der Waals surface area contributed by atoms with E-state index in [0.29, 0.717) is 5.92 Å². The number of hydrogen-bond acceptors (Lipinski definition) is 4. The summed E-state index contributed by atoms with van der Waals surface area (Å²) >= 11 is 0. The number of benzene rings is 2. The van der Waals surface area contributed by atoms with E-state index in [0.717, 1.165) is 64.9 Å². The molecule has 6 nitrogen and oxygen atoms in total. The number of nitrogens with zero attached hydrogens (tertiary/aromatic N) is 4. The fraction of sp³-hybridized carbons (Fsp3) is 0.500. The Morgan fingerprint density at radius 1 is 0.970 bits per heavy atom. The number of hydrogen-bond donors (Lipinski definition) is 1. The van der Waals surface area contributed by atoms with E-state index in [9.17, 15) is 0 Å². The Kier molecular flexibility index (Phi) is 10.3. The maximum atomic E-state index is 5.34. The van der Waals surface area contributed by atoms with E-state index in [1.807, 2.05) is 7.05 Å². The molecule has 2 heterocycles. The smallest absolute Gasteiger partial charge is 0.193 e. The summed E-state index contributed by atoms with van der Waals surface area (Å²) in [5.41, 5.74) is 4.09. The van der Waals surface area contributed by atoms with Crippen LogP contribution in [0.5, 0.6) is 0 Å². The van der Waals surface area contributed by atoms with Crippen LogP contribution >= 0.6 is 24.0 Å². The minimum atomic E-state index is 0. The van der Waals surface area contributed by atoms with Gasteiger partial charge in [-0.2, -0.15) is 0 Å². The Hall–Kier alpha value is -1.84. The van der Waals surface area contributed by atoms with Crippen molar-refractivity contribution in [2.24, 2.45) is 10.9 Å². The highest BCUT2D eigenvalue weighted by Gasteiger charge is 2.25. The minimum absolute atomic E-state index is 0. The van der Waals surface area contributed by atoms with Gasteiger partial charge in [0.05, 0.1) is 6.61 Å². The largest absolute Gasteiger partial charge is 0.384 e. The number of ether oxygens (including phenoxy) is 1. The molecule has 1 atom stereocenters. The molecule has 7 heteroatoms. The molecule has 0 amide bonds. The second-order valence-corrected chi connectivity index (χ2v) is 8.82. The molecular weight excluding hydrogens is 525 g/mol. The number of rotatable bonds is 7. The van der Waals surface area contributed by atoms with E-state index in [-0.39, 0.29) is 24.0 Å². The standard InChI is InChI=1S/C26H37N5O.HI/c1-27-26(31-13-12-22(19-31)21-32-2)28-18-23-8-6-7-9-24(23)20-29-14-16-30(17-15-29)25-10-4-3-5-11-25;/h3-11,22H,12-21H2,1-2H3,(H,27,28);1H. The van der Waals surface area contributed by atoms with E-state index in [2.05, 4.69) is 79.6 Å². The Labute approximate surface area is 216 Å². The van der Waals surface area contributed by atoms with Crippen LogP contribution in [0.25, 0.3) is 0 Å². The van der Waals surface area contributed by atoms with Gasteiger partial charge in [0.15, 0.2) is 5.96 Å². The first-order chi connectivity index (χ1) is 15.8. The number of guanidine groups is 1. The minimum Gasteiger partial charge on any atom is -0.384 e. The third kappa shape index (κ3) is 7.07. The molecule has 2 aromatic carbocycles. The topological polar surface area (TPSA) is 43.3 Å². The van der Waals surface area contributed by atoms with Gasteiger partial charge in [0.2, 0.25) is 0 Å². The van der Waals surface area contributed by atoms with E-state index in [1.54, 1.807) is 7.11 Å². The molecule has 0 aliphatic carbocycles. The Morgan fingerprint density at radius 2 is 1.67 bits per heavy atom. The molecule has 2 aromatic rings. The molecule has 2 aliphatic heterocycles. The molecule has 4 rings (SSSR count). The average Bonchev–Trinajstić information content (AvgIpc) is 3.30. The lowest BCUT2D eigenvalue weighted by Crippen LogP contribution is -2.46. The van der Waals surface area contributed by atoms with Gasteiger partial charge in [-0.3, -0.25) is 9.89 Å². The summed E-state index contributed by atoms with van der Waals surface area (Å²) in [7, 11) is 3.66. The van der Waals surface area contributed by atoms with Crippen molar-refractivity contribution in [1.29, 1.82) is 0 Å². The van der Waals surface area contributed by atoms with Crippen LogP contribution in [0, 0.1) is 5.92 Å². The first-order valence-electron chi connectivity index (χ1n) is 11.8. The highest BCUT2D eigenvalue weighted by atomic mass is 127. The molecule has 0 bridgehead atoms. The monoisotopic (exact) mass is 563 g/mol. The molecule has 1 N–H and O–H groups in total. The average molecular weight is 564 g/mol. The van der Waals surface area contributed by atoms with Crippen LogP contribution < -0.4 is 10.2 Å². The lowest BCUT2D eigenvalue weighted by atomic mass is 10.1. The predicted molar refractivity (Wildman–Crippen MR) is 148 cm³/mol.